The highest BCUT2D eigenvalue weighted by Gasteiger charge is 2.18. The summed E-state index contributed by atoms with van der Waals surface area (Å²) in [6.45, 7) is 4.08. The first-order valence-corrected chi connectivity index (χ1v) is 8.92. The third kappa shape index (κ3) is 7.86. The molecule has 0 fully saturated rings. The van der Waals surface area contributed by atoms with Crippen molar-refractivity contribution >= 4 is 35.1 Å². The van der Waals surface area contributed by atoms with Crippen LogP contribution in [-0.4, -0.2) is 37.0 Å². The van der Waals surface area contributed by atoms with E-state index in [2.05, 4.69) is 10.6 Å². The van der Waals surface area contributed by atoms with Gasteiger partial charge >= 0.3 is 23.8 Å². The van der Waals surface area contributed by atoms with Crippen molar-refractivity contribution < 1.29 is 28.7 Å². The van der Waals surface area contributed by atoms with Crippen molar-refractivity contribution in [1.29, 1.82) is 5.26 Å². The van der Waals surface area contributed by atoms with Crippen molar-refractivity contribution in [2.45, 2.75) is 39.5 Å². The number of nitrogens with one attached hydrogen (secondary N) is 2. The van der Waals surface area contributed by atoms with Gasteiger partial charge in [-0.05, 0) is 31.0 Å². The van der Waals surface area contributed by atoms with Crippen molar-refractivity contribution in [2.24, 2.45) is 0 Å². The average Bonchev–Trinajstić information content (AvgIpc) is 2.67. The number of carbonyl (C=O) groups excluding carboxylic acids is 4. The summed E-state index contributed by atoms with van der Waals surface area (Å²) in [7, 11) is 0. The smallest absolute Gasteiger partial charge is 0.397 e. The van der Waals surface area contributed by atoms with Gasteiger partial charge in [-0.3, -0.25) is 9.59 Å². The van der Waals surface area contributed by atoms with Crippen molar-refractivity contribution in [3.8, 4) is 6.07 Å². The highest BCUT2D eigenvalue weighted by atomic mass is 16.5. The number of hydrogen-bond acceptors (Lipinski definition) is 7. The fourth-order valence-electron chi connectivity index (χ4n) is 1.95. The molecule has 0 radical (unpaired) electrons. The maximum atomic E-state index is 11.9. The standard InChI is InChI=1S/C19H23N3O6/c1-3-5-7-27-18(25)16(23)21-14-9-13(12-20)10-15(11-14)22-17(24)19(26)28-8-6-4-2/h9-11H,3-8H2,1-2H3,(H,21,23)(H,22,24). The summed E-state index contributed by atoms with van der Waals surface area (Å²) < 4.78 is 9.60. The summed E-state index contributed by atoms with van der Waals surface area (Å²) in [5.41, 5.74) is 0.282. The predicted molar refractivity (Wildman–Crippen MR) is 100 cm³/mol. The van der Waals surface area contributed by atoms with Gasteiger partial charge in [0.25, 0.3) is 0 Å². The molecule has 1 aromatic rings. The molecule has 9 nitrogen and oxygen atoms in total. The Kier molecular flexibility index (Phi) is 9.75. The van der Waals surface area contributed by atoms with E-state index >= 15 is 0 Å². The highest BCUT2D eigenvalue weighted by Crippen LogP contribution is 2.19. The molecule has 2 amide bonds. The molecule has 0 heterocycles. The van der Waals surface area contributed by atoms with Crippen LogP contribution in [0.2, 0.25) is 0 Å². The second-order valence-electron chi connectivity index (χ2n) is 5.80. The molecule has 0 aliphatic carbocycles. The largest absolute Gasteiger partial charge is 0.459 e. The molecule has 0 saturated heterocycles. The Morgan fingerprint density at radius 1 is 0.857 bits per heavy atom. The summed E-state index contributed by atoms with van der Waals surface area (Å²) in [5.74, 6) is -4.13. The number of amides is 2. The molecule has 0 spiro atoms. The quantitative estimate of drug-likeness (QED) is 0.395. The van der Waals surface area contributed by atoms with Gasteiger partial charge in [0.1, 0.15) is 0 Å². The van der Waals surface area contributed by atoms with Gasteiger partial charge in [-0.25, -0.2) is 9.59 Å². The molecule has 0 atom stereocenters. The van der Waals surface area contributed by atoms with Gasteiger partial charge in [0, 0.05) is 11.4 Å². The lowest BCUT2D eigenvalue weighted by molar-refractivity contribution is -0.152. The van der Waals surface area contributed by atoms with Gasteiger partial charge in [0.05, 0.1) is 24.8 Å². The Labute approximate surface area is 163 Å². The van der Waals surface area contributed by atoms with Crippen LogP contribution in [0.5, 0.6) is 0 Å². The summed E-state index contributed by atoms with van der Waals surface area (Å²) >= 11 is 0. The Morgan fingerprint density at radius 2 is 1.29 bits per heavy atom. The van der Waals surface area contributed by atoms with Crippen molar-refractivity contribution in [1.82, 2.24) is 0 Å². The number of carbonyl (C=O) groups is 4. The van der Waals surface area contributed by atoms with E-state index in [4.69, 9.17) is 14.7 Å². The van der Waals surface area contributed by atoms with Crippen LogP contribution in [0.4, 0.5) is 11.4 Å². The molecule has 2 N–H and O–H groups in total. The van der Waals surface area contributed by atoms with E-state index in [9.17, 15) is 19.2 Å². The molecule has 0 aliphatic rings. The summed E-state index contributed by atoms with van der Waals surface area (Å²) in [5, 5.41) is 13.7. The minimum atomic E-state index is -1.05. The number of ether oxygens (including phenoxy) is 2. The van der Waals surface area contributed by atoms with E-state index in [1.54, 1.807) is 0 Å². The van der Waals surface area contributed by atoms with E-state index in [1.165, 1.54) is 18.2 Å². The molecule has 0 aliphatic heterocycles. The summed E-state index contributed by atoms with van der Waals surface area (Å²) in [6.07, 6.45) is 2.88. The first-order valence-electron chi connectivity index (χ1n) is 8.92. The molecule has 28 heavy (non-hydrogen) atoms. The van der Waals surface area contributed by atoms with Gasteiger partial charge < -0.3 is 20.1 Å². The molecular formula is C19H23N3O6. The lowest BCUT2D eigenvalue weighted by atomic mass is 10.2. The monoisotopic (exact) mass is 389 g/mol. The Hall–Kier alpha value is -3.41. The molecule has 1 aromatic carbocycles. The summed E-state index contributed by atoms with van der Waals surface area (Å²) in [6, 6.07) is 5.79. The maximum absolute atomic E-state index is 11.9. The molecule has 9 heteroatoms. The van der Waals surface area contributed by atoms with Crippen LogP contribution in [0.25, 0.3) is 0 Å². The second-order valence-corrected chi connectivity index (χ2v) is 5.80. The summed E-state index contributed by atoms with van der Waals surface area (Å²) in [4.78, 5) is 47.0. The number of nitriles is 1. The normalized spacial score (nSPS) is 9.75. The number of hydrogen-bond donors (Lipinski definition) is 2. The Bertz CT molecular complexity index is 715. The third-order valence-electron chi connectivity index (χ3n) is 3.41. The lowest BCUT2D eigenvalue weighted by Gasteiger charge is -2.10. The third-order valence-corrected chi connectivity index (χ3v) is 3.41. The van der Waals surface area contributed by atoms with E-state index in [-0.39, 0.29) is 30.2 Å². The second kappa shape index (κ2) is 12.1. The van der Waals surface area contributed by atoms with Crippen LogP contribution < -0.4 is 10.6 Å². The average molecular weight is 389 g/mol. The molecule has 0 unspecified atom stereocenters. The zero-order valence-electron chi connectivity index (χ0n) is 15.9. The van der Waals surface area contributed by atoms with Crippen molar-refractivity contribution in [3.05, 3.63) is 23.8 Å². The van der Waals surface area contributed by atoms with Crippen LogP contribution in [0, 0.1) is 11.3 Å². The molecule has 0 aromatic heterocycles. The molecule has 1 rings (SSSR count). The number of benzene rings is 1. The lowest BCUT2D eigenvalue weighted by Crippen LogP contribution is -2.26. The maximum Gasteiger partial charge on any atom is 0.397 e. The van der Waals surface area contributed by atoms with Crippen molar-refractivity contribution in [2.75, 3.05) is 23.8 Å². The fraction of sp³-hybridized carbons (Fsp3) is 0.421. The van der Waals surface area contributed by atoms with Crippen LogP contribution >= 0.6 is 0 Å². The van der Waals surface area contributed by atoms with Crippen LogP contribution in [0.3, 0.4) is 0 Å². The first kappa shape index (κ1) is 22.6. The minimum absolute atomic E-state index is 0.0890. The van der Waals surface area contributed by atoms with Gasteiger partial charge in [-0.2, -0.15) is 5.26 Å². The number of esters is 2. The minimum Gasteiger partial charge on any atom is -0.459 e. The first-order chi connectivity index (χ1) is 13.4. The van der Waals surface area contributed by atoms with Crippen LogP contribution in [-0.2, 0) is 28.7 Å². The van der Waals surface area contributed by atoms with Gasteiger partial charge in [-0.15, -0.1) is 0 Å². The number of anilines is 2. The number of rotatable bonds is 8. The molecular weight excluding hydrogens is 366 g/mol. The molecule has 0 bridgehead atoms. The molecule has 150 valence electrons. The van der Waals surface area contributed by atoms with Gasteiger partial charge in [0.2, 0.25) is 0 Å². The van der Waals surface area contributed by atoms with E-state index in [0.717, 1.165) is 12.8 Å². The topological polar surface area (TPSA) is 135 Å². The SMILES string of the molecule is CCCCOC(=O)C(=O)Nc1cc(C#N)cc(NC(=O)C(=O)OCCCC)c1. The Balaban J connectivity index is 2.78. The van der Waals surface area contributed by atoms with E-state index in [1.807, 2.05) is 19.9 Å². The van der Waals surface area contributed by atoms with Crippen LogP contribution in [0.1, 0.15) is 45.1 Å². The Morgan fingerprint density at radius 3 is 1.64 bits per heavy atom. The predicted octanol–water partition coefficient (Wildman–Crippen LogP) is 2.12. The van der Waals surface area contributed by atoms with Gasteiger partial charge in [0.15, 0.2) is 0 Å². The molecule has 0 saturated carbocycles. The fourth-order valence-corrected chi connectivity index (χ4v) is 1.95. The van der Waals surface area contributed by atoms with E-state index in [0.29, 0.717) is 12.8 Å². The zero-order valence-corrected chi connectivity index (χ0v) is 15.9. The van der Waals surface area contributed by atoms with Gasteiger partial charge in [-0.1, -0.05) is 26.7 Å². The number of unbranched alkanes of at least 4 members (excludes halogenated alkanes) is 2. The zero-order chi connectivity index (χ0) is 20.9. The highest BCUT2D eigenvalue weighted by molar-refractivity contribution is 6.38. The van der Waals surface area contributed by atoms with Crippen molar-refractivity contribution in [3.63, 3.8) is 0 Å². The van der Waals surface area contributed by atoms with Crippen LogP contribution in [0.15, 0.2) is 18.2 Å². The number of nitrogens with zero attached hydrogens (tertiary/aromatic N) is 1. The van der Waals surface area contributed by atoms with E-state index < -0.39 is 23.8 Å².